The summed E-state index contributed by atoms with van der Waals surface area (Å²) in [5.41, 5.74) is 3.44. The summed E-state index contributed by atoms with van der Waals surface area (Å²) < 4.78 is 3.44. The molecule has 2 radical (unpaired) electrons. The van der Waals surface area contributed by atoms with Crippen molar-refractivity contribution in [1.82, 2.24) is 24.5 Å². The summed E-state index contributed by atoms with van der Waals surface area (Å²) in [7, 11) is 7.88. The van der Waals surface area contributed by atoms with E-state index in [-0.39, 0.29) is 5.91 Å². The molecule has 146 valence electrons. The minimum absolute atomic E-state index is 0.117. The third-order valence-electron chi connectivity index (χ3n) is 4.81. The molecule has 3 aromatic heterocycles. The fraction of sp³-hybridized carbons (Fsp3) is 0.250. The average Bonchev–Trinajstić information content (AvgIpc) is 3.31. The second-order valence-electron chi connectivity index (χ2n) is 6.82. The molecule has 4 rings (SSSR count). The molecule has 7 nitrogen and oxygen atoms in total. The number of fused-ring (bicyclic) bond motifs is 1. The Labute approximate surface area is 174 Å². The van der Waals surface area contributed by atoms with Gasteiger partial charge in [0, 0.05) is 43.6 Å². The minimum atomic E-state index is -0.117. The van der Waals surface area contributed by atoms with Gasteiger partial charge in [0.25, 0.3) is 5.91 Å². The van der Waals surface area contributed by atoms with Crippen LogP contribution in [-0.2, 0) is 7.05 Å². The van der Waals surface area contributed by atoms with Gasteiger partial charge in [0.15, 0.2) is 5.65 Å². The molecule has 0 unspecified atom stereocenters. The van der Waals surface area contributed by atoms with Crippen molar-refractivity contribution in [3.8, 4) is 0 Å². The Kier molecular flexibility index (Phi) is 5.44. The van der Waals surface area contributed by atoms with Crippen molar-refractivity contribution in [2.24, 2.45) is 7.05 Å². The topological polar surface area (TPSA) is 76.2 Å². The van der Waals surface area contributed by atoms with Crippen LogP contribution < -0.4 is 16.1 Å². The highest BCUT2D eigenvalue weighted by atomic mass is 35.5. The molecule has 29 heavy (non-hydrogen) atoms. The van der Waals surface area contributed by atoms with E-state index < -0.39 is 0 Å². The summed E-state index contributed by atoms with van der Waals surface area (Å²) >= 11 is 6.39. The molecule has 3 aromatic rings. The third kappa shape index (κ3) is 3.93. The molecule has 3 heterocycles. The fourth-order valence-electron chi connectivity index (χ4n) is 3.30. The summed E-state index contributed by atoms with van der Waals surface area (Å²) in [6.45, 7) is 0.966. The van der Waals surface area contributed by atoms with Crippen molar-refractivity contribution < 1.29 is 4.79 Å². The van der Waals surface area contributed by atoms with Crippen LogP contribution in [0.4, 0.5) is 5.82 Å². The van der Waals surface area contributed by atoms with Gasteiger partial charge in [0.1, 0.15) is 19.4 Å². The standard InChI is InChI=1S/C20H20BClN6O/c1-27-10-4-7-17(27)20(29)24-9-8-23-18-11-16(13-5-2-3-6-15(13)22)26-19-14(21)12-25-28(18)19/h3-4,6-7,10-12,23H,2,5,8-9H2,1H3,(H,24,29). The van der Waals surface area contributed by atoms with Crippen LogP contribution in [0, 0.1) is 0 Å². The monoisotopic (exact) mass is 406 g/mol. The molecule has 1 aliphatic carbocycles. The number of nitrogens with zero attached hydrogens (tertiary/aromatic N) is 4. The second kappa shape index (κ2) is 8.17. The highest BCUT2D eigenvalue weighted by Gasteiger charge is 2.15. The Bertz CT molecular complexity index is 1130. The molecule has 0 bridgehead atoms. The highest BCUT2D eigenvalue weighted by molar-refractivity contribution is 6.36. The number of hydrogen-bond donors (Lipinski definition) is 2. The van der Waals surface area contributed by atoms with Crippen LogP contribution in [0.2, 0.25) is 0 Å². The predicted octanol–water partition coefficient (Wildman–Crippen LogP) is 2.00. The zero-order valence-corrected chi connectivity index (χ0v) is 16.8. The Morgan fingerprint density at radius 2 is 2.24 bits per heavy atom. The number of carbonyl (C=O) groups excluding carboxylic acids is 1. The number of nitrogens with one attached hydrogen (secondary N) is 2. The van der Waals surface area contributed by atoms with Gasteiger partial charge in [-0.05, 0) is 42.1 Å². The van der Waals surface area contributed by atoms with Gasteiger partial charge in [-0.1, -0.05) is 17.7 Å². The number of hydrogen-bond acceptors (Lipinski definition) is 4. The highest BCUT2D eigenvalue weighted by Crippen LogP contribution is 2.30. The van der Waals surface area contributed by atoms with Gasteiger partial charge in [0.2, 0.25) is 0 Å². The average molecular weight is 407 g/mol. The number of aryl methyl sites for hydroxylation is 1. The summed E-state index contributed by atoms with van der Waals surface area (Å²) in [6, 6.07) is 5.53. The number of rotatable bonds is 6. The largest absolute Gasteiger partial charge is 0.368 e. The van der Waals surface area contributed by atoms with Gasteiger partial charge in [-0.15, -0.1) is 0 Å². The Morgan fingerprint density at radius 1 is 1.38 bits per heavy atom. The van der Waals surface area contributed by atoms with E-state index in [9.17, 15) is 4.79 Å². The van der Waals surface area contributed by atoms with Crippen LogP contribution >= 0.6 is 11.6 Å². The molecule has 1 amide bonds. The zero-order valence-electron chi connectivity index (χ0n) is 16.0. The Morgan fingerprint density at radius 3 is 3.00 bits per heavy atom. The van der Waals surface area contributed by atoms with E-state index >= 15 is 0 Å². The van der Waals surface area contributed by atoms with Gasteiger partial charge in [-0.25, -0.2) is 4.98 Å². The lowest BCUT2D eigenvalue weighted by molar-refractivity contribution is 0.0947. The molecule has 0 aromatic carbocycles. The summed E-state index contributed by atoms with van der Waals surface area (Å²) in [5, 5.41) is 11.2. The first kappa shape index (κ1) is 19.3. The van der Waals surface area contributed by atoms with Crippen molar-refractivity contribution in [1.29, 1.82) is 0 Å². The molecule has 9 heteroatoms. The molecule has 0 saturated carbocycles. The molecule has 0 spiro atoms. The van der Waals surface area contributed by atoms with E-state index in [0.717, 1.165) is 29.9 Å². The number of amides is 1. The van der Waals surface area contributed by atoms with Gasteiger partial charge in [-0.2, -0.15) is 9.61 Å². The number of aromatic nitrogens is 4. The van der Waals surface area contributed by atoms with Gasteiger partial charge in [-0.3, -0.25) is 4.79 Å². The van der Waals surface area contributed by atoms with E-state index in [0.29, 0.717) is 34.9 Å². The number of halogens is 1. The van der Waals surface area contributed by atoms with Crippen molar-refractivity contribution in [3.63, 3.8) is 0 Å². The SMILES string of the molecule is [B]c1cnn2c(NCCNC(=O)c3cccn3C)cc(C3=C(Cl)C=CCC3)nc12. The molecular formula is C20H20BClN6O. The van der Waals surface area contributed by atoms with Gasteiger partial charge < -0.3 is 15.2 Å². The third-order valence-corrected chi connectivity index (χ3v) is 5.17. The molecule has 1 aliphatic rings. The number of allylic oxidation sites excluding steroid dienone is 4. The van der Waals surface area contributed by atoms with Crippen molar-refractivity contribution in [2.75, 3.05) is 18.4 Å². The van der Waals surface area contributed by atoms with E-state index in [4.69, 9.17) is 19.4 Å². The summed E-state index contributed by atoms with van der Waals surface area (Å²) in [5.74, 6) is 0.621. The lowest BCUT2D eigenvalue weighted by Gasteiger charge is -2.15. The maximum atomic E-state index is 12.2. The molecule has 0 fully saturated rings. The second-order valence-corrected chi connectivity index (χ2v) is 7.22. The molecule has 0 saturated heterocycles. The first-order chi connectivity index (χ1) is 14.0. The maximum absolute atomic E-state index is 12.2. The fourth-order valence-corrected chi connectivity index (χ4v) is 3.58. The first-order valence-electron chi connectivity index (χ1n) is 9.38. The minimum Gasteiger partial charge on any atom is -0.368 e. The van der Waals surface area contributed by atoms with Crippen LogP contribution in [0.25, 0.3) is 11.2 Å². The smallest absolute Gasteiger partial charge is 0.267 e. The van der Waals surface area contributed by atoms with Gasteiger partial charge in [0.05, 0.1) is 5.69 Å². The summed E-state index contributed by atoms with van der Waals surface area (Å²) in [6.07, 6.45) is 9.10. The summed E-state index contributed by atoms with van der Waals surface area (Å²) in [4.78, 5) is 16.9. The van der Waals surface area contributed by atoms with Crippen molar-refractivity contribution in [2.45, 2.75) is 12.8 Å². The van der Waals surface area contributed by atoms with Crippen LogP contribution in [0.3, 0.4) is 0 Å². The number of carbonyl (C=O) groups is 1. The normalized spacial score (nSPS) is 13.9. The van der Waals surface area contributed by atoms with E-state index in [1.165, 1.54) is 0 Å². The first-order valence-corrected chi connectivity index (χ1v) is 9.75. The van der Waals surface area contributed by atoms with Crippen molar-refractivity contribution >= 4 is 47.9 Å². The van der Waals surface area contributed by atoms with E-state index in [1.54, 1.807) is 21.3 Å². The predicted molar refractivity (Wildman–Crippen MR) is 116 cm³/mol. The molecule has 0 aliphatic heterocycles. The van der Waals surface area contributed by atoms with Crippen LogP contribution in [0.1, 0.15) is 29.0 Å². The Balaban J connectivity index is 1.51. The molecule has 2 N–H and O–H groups in total. The lowest BCUT2D eigenvalue weighted by Crippen LogP contribution is -2.30. The quantitative estimate of drug-likeness (QED) is 0.485. The van der Waals surface area contributed by atoms with Crippen LogP contribution in [-0.4, -0.2) is 46.0 Å². The number of anilines is 1. The van der Waals surface area contributed by atoms with E-state index in [1.807, 2.05) is 37.5 Å². The maximum Gasteiger partial charge on any atom is 0.267 e. The van der Waals surface area contributed by atoms with Crippen molar-refractivity contribution in [3.05, 3.63) is 59.2 Å². The lowest BCUT2D eigenvalue weighted by atomic mass is 9.99. The van der Waals surface area contributed by atoms with E-state index in [2.05, 4.69) is 20.7 Å². The van der Waals surface area contributed by atoms with Crippen LogP contribution in [0.15, 0.2) is 47.8 Å². The Hall–Kier alpha value is -3.00. The van der Waals surface area contributed by atoms with Gasteiger partial charge >= 0.3 is 0 Å². The zero-order chi connectivity index (χ0) is 20.4. The van der Waals surface area contributed by atoms with Crippen LogP contribution in [0.5, 0.6) is 0 Å². The molecular weight excluding hydrogens is 387 g/mol. The molecule has 0 atom stereocenters.